The summed E-state index contributed by atoms with van der Waals surface area (Å²) < 4.78 is 0. The van der Waals surface area contributed by atoms with Gasteiger partial charge in [-0.3, -0.25) is 0 Å². The summed E-state index contributed by atoms with van der Waals surface area (Å²) in [6, 6.07) is 0. The van der Waals surface area contributed by atoms with Crippen LogP contribution in [-0.4, -0.2) is 6.54 Å². The van der Waals surface area contributed by atoms with E-state index in [2.05, 4.69) is 39.6 Å². The molecule has 0 aromatic heterocycles. The molecule has 0 radical (unpaired) electrons. The quantitative estimate of drug-likeness (QED) is 0.701. The smallest absolute Gasteiger partial charge is 0.0197 e. The topological polar surface area (TPSA) is 12.0 Å². The van der Waals surface area contributed by atoms with Crippen molar-refractivity contribution in [2.45, 2.75) is 47.0 Å². The van der Waals surface area contributed by atoms with Gasteiger partial charge >= 0.3 is 0 Å². The molecule has 0 amide bonds. The van der Waals surface area contributed by atoms with Gasteiger partial charge in [0.2, 0.25) is 0 Å². The summed E-state index contributed by atoms with van der Waals surface area (Å²) in [4.78, 5) is 0. The Bertz CT molecular complexity index is 194. The minimum atomic E-state index is 0.356. The minimum Gasteiger partial charge on any atom is -0.388 e. The SMILES string of the molecule is C=C(CC(C)(C)C)NCC1(C)CC1. The van der Waals surface area contributed by atoms with Crippen LogP contribution in [0.5, 0.6) is 0 Å². The Hall–Kier alpha value is -0.460. The second-order valence-electron chi connectivity index (χ2n) is 6.01. The van der Waals surface area contributed by atoms with Crippen molar-refractivity contribution in [3.63, 3.8) is 0 Å². The largest absolute Gasteiger partial charge is 0.388 e. The molecule has 0 bridgehead atoms. The van der Waals surface area contributed by atoms with Gasteiger partial charge in [-0.2, -0.15) is 0 Å². The van der Waals surface area contributed by atoms with Crippen LogP contribution in [0.2, 0.25) is 0 Å². The van der Waals surface area contributed by atoms with Gasteiger partial charge in [0.25, 0.3) is 0 Å². The van der Waals surface area contributed by atoms with Gasteiger partial charge < -0.3 is 5.32 Å². The fourth-order valence-corrected chi connectivity index (χ4v) is 1.43. The average Bonchev–Trinajstić information content (AvgIpc) is 2.62. The molecule has 0 heterocycles. The Kier molecular flexibility index (Phi) is 2.74. The predicted molar refractivity (Wildman–Crippen MR) is 58.6 cm³/mol. The van der Waals surface area contributed by atoms with E-state index in [1.165, 1.54) is 18.5 Å². The van der Waals surface area contributed by atoms with Crippen LogP contribution in [0.15, 0.2) is 12.3 Å². The summed E-state index contributed by atoms with van der Waals surface area (Å²) in [5.74, 6) is 0. The van der Waals surface area contributed by atoms with Gasteiger partial charge in [-0.1, -0.05) is 34.3 Å². The van der Waals surface area contributed by atoms with Crippen LogP contribution in [0.25, 0.3) is 0 Å². The van der Waals surface area contributed by atoms with Crippen LogP contribution in [0, 0.1) is 10.8 Å². The Morgan fingerprint density at radius 1 is 1.38 bits per heavy atom. The summed E-state index contributed by atoms with van der Waals surface area (Å²) >= 11 is 0. The number of hydrogen-bond donors (Lipinski definition) is 1. The van der Waals surface area contributed by atoms with Gasteiger partial charge in [0.15, 0.2) is 0 Å². The minimum absolute atomic E-state index is 0.356. The predicted octanol–water partition coefficient (Wildman–Crippen LogP) is 3.33. The van der Waals surface area contributed by atoms with Gasteiger partial charge in [0.1, 0.15) is 0 Å². The molecule has 1 heteroatoms. The molecule has 1 fully saturated rings. The zero-order valence-electron chi connectivity index (χ0n) is 9.54. The number of rotatable bonds is 4. The highest BCUT2D eigenvalue weighted by atomic mass is 14.9. The monoisotopic (exact) mass is 181 g/mol. The van der Waals surface area contributed by atoms with Crippen LogP contribution < -0.4 is 5.32 Å². The van der Waals surface area contributed by atoms with Crippen molar-refractivity contribution in [2.75, 3.05) is 6.54 Å². The van der Waals surface area contributed by atoms with Crippen molar-refractivity contribution >= 4 is 0 Å². The van der Waals surface area contributed by atoms with Crippen molar-refractivity contribution in [2.24, 2.45) is 10.8 Å². The molecule has 0 unspecified atom stereocenters. The van der Waals surface area contributed by atoms with Crippen molar-refractivity contribution in [1.82, 2.24) is 5.32 Å². The third-order valence-electron chi connectivity index (χ3n) is 2.61. The lowest BCUT2D eigenvalue weighted by atomic mass is 9.91. The van der Waals surface area contributed by atoms with Gasteiger partial charge in [0.05, 0.1) is 0 Å². The Balaban J connectivity index is 2.18. The molecule has 0 atom stereocenters. The maximum atomic E-state index is 4.06. The average molecular weight is 181 g/mol. The molecular formula is C12H23N. The molecule has 0 spiro atoms. The lowest BCUT2D eigenvalue weighted by Gasteiger charge is -2.21. The molecule has 0 saturated heterocycles. The van der Waals surface area contributed by atoms with E-state index in [1.54, 1.807) is 0 Å². The van der Waals surface area contributed by atoms with Crippen LogP contribution in [0.1, 0.15) is 47.0 Å². The van der Waals surface area contributed by atoms with Gasteiger partial charge in [0, 0.05) is 12.2 Å². The number of hydrogen-bond acceptors (Lipinski definition) is 1. The standard InChI is InChI=1S/C12H23N/c1-10(8-11(2,3)4)13-9-12(5)6-7-12/h13H,1,6-9H2,2-5H3. The molecule has 0 aliphatic heterocycles. The summed E-state index contributed by atoms with van der Waals surface area (Å²) in [6.07, 6.45) is 3.83. The molecule has 1 rings (SSSR count). The Labute approximate surface area is 82.6 Å². The van der Waals surface area contributed by atoms with E-state index in [0.717, 1.165) is 13.0 Å². The maximum absolute atomic E-state index is 4.06. The molecule has 1 aliphatic rings. The van der Waals surface area contributed by atoms with E-state index in [-0.39, 0.29) is 0 Å². The summed E-state index contributed by atoms with van der Waals surface area (Å²) in [6.45, 7) is 14.3. The zero-order valence-corrected chi connectivity index (χ0v) is 9.54. The van der Waals surface area contributed by atoms with E-state index in [4.69, 9.17) is 0 Å². The third-order valence-corrected chi connectivity index (χ3v) is 2.61. The first-order chi connectivity index (χ1) is 5.81. The van der Waals surface area contributed by atoms with Gasteiger partial charge in [-0.25, -0.2) is 0 Å². The highest BCUT2D eigenvalue weighted by Crippen LogP contribution is 2.44. The lowest BCUT2D eigenvalue weighted by Crippen LogP contribution is -2.23. The van der Waals surface area contributed by atoms with Crippen LogP contribution >= 0.6 is 0 Å². The van der Waals surface area contributed by atoms with Crippen molar-refractivity contribution in [3.05, 3.63) is 12.3 Å². The molecule has 1 aliphatic carbocycles. The van der Waals surface area contributed by atoms with E-state index < -0.39 is 0 Å². The lowest BCUT2D eigenvalue weighted by molar-refractivity contribution is 0.391. The van der Waals surface area contributed by atoms with E-state index in [9.17, 15) is 0 Å². The molecule has 0 aromatic rings. The summed E-state index contributed by atoms with van der Waals surface area (Å²) in [7, 11) is 0. The number of allylic oxidation sites excluding steroid dienone is 1. The van der Waals surface area contributed by atoms with Crippen molar-refractivity contribution in [3.8, 4) is 0 Å². The second-order valence-corrected chi connectivity index (χ2v) is 6.01. The number of nitrogens with one attached hydrogen (secondary N) is 1. The molecule has 13 heavy (non-hydrogen) atoms. The van der Waals surface area contributed by atoms with Crippen LogP contribution in [-0.2, 0) is 0 Å². The first-order valence-corrected chi connectivity index (χ1v) is 5.22. The summed E-state index contributed by atoms with van der Waals surface area (Å²) in [5, 5.41) is 3.45. The molecule has 0 aromatic carbocycles. The van der Waals surface area contributed by atoms with E-state index in [0.29, 0.717) is 10.8 Å². The molecule has 1 saturated carbocycles. The third kappa shape index (κ3) is 4.35. The van der Waals surface area contributed by atoms with Crippen molar-refractivity contribution < 1.29 is 0 Å². The first kappa shape index (κ1) is 10.6. The fraction of sp³-hybridized carbons (Fsp3) is 0.833. The van der Waals surface area contributed by atoms with E-state index in [1.807, 2.05) is 0 Å². The van der Waals surface area contributed by atoms with Gasteiger partial charge in [-0.15, -0.1) is 0 Å². The maximum Gasteiger partial charge on any atom is 0.0197 e. The van der Waals surface area contributed by atoms with Gasteiger partial charge in [-0.05, 0) is 30.1 Å². The highest BCUT2D eigenvalue weighted by Gasteiger charge is 2.36. The van der Waals surface area contributed by atoms with Crippen LogP contribution in [0.3, 0.4) is 0 Å². The molecule has 76 valence electrons. The van der Waals surface area contributed by atoms with Crippen LogP contribution in [0.4, 0.5) is 0 Å². The normalized spacial score (nSPS) is 19.7. The Morgan fingerprint density at radius 2 is 1.92 bits per heavy atom. The van der Waals surface area contributed by atoms with Crippen molar-refractivity contribution in [1.29, 1.82) is 0 Å². The van der Waals surface area contributed by atoms with E-state index >= 15 is 0 Å². The molecular weight excluding hydrogens is 158 g/mol. The molecule has 1 N–H and O–H groups in total. The first-order valence-electron chi connectivity index (χ1n) is 5.22. The highest BCUT2D eigenvalue weighted by molar-refractivity contribution is 4.99. The Morgan fingerprint density at radius 3 is 2.31 bits per heavy atom. The zero-order chi connectivity index (χ0) is 10.1. The summed E-state index contributed by atoms with van der Waals surface area (Å²) in [5.41, 5.74) is 2.13. The molecule has 1 nitrogen and oxygen atoms in total. The second kappa shape index (κ2) is 3.36. The fourth-order valence-electron chi connectivity index (χ4n) is 1.43.